The Balaban J connectivity index is 2.51. The highest BCUT2D eigenvalue weighted by molar-refractivity contribution is 5.29. The molecule has 1 unspecified atom stereocenters. The number of unbranched alkanes of at least 4 members (excludes halogenated alkanes) is 3. The molecule has 0 aliphatic heterocycles. The highest BCUT2D eigenvalue weighted by Crippen LogP contribution is 2.26. The number of rotatable bonds is 9. The molecule has 0 amide bonds. The summed E-state index contributed by atoms with van der Waals surface area (Å²) in [5.41, 5.74) is 3.54. The third-order valence-electron chi connectivity index (χ3n) is 3.12. The number of hydrazine groups is 1. The van der Waals surface area contributed by atoms with E-state index in [0.717, 1.165) is 37.7 Å². The molecule has 0 bridgehead atoms. The lowest BCUT2D eigenvalue weighted by atomic mass is 10.0. The van der Waals surface area contributed by atoms with Crippen LogP contribution in [0, 0.1) is 0 Å². The highest BCUT2D eigenvalue weighted by Gasteiger charge is 2.31. The lowest BCUT2D eigenvalue weighted by Crippen LogP contribution is -2.28. The van der Waals surface area contributed by atoms with Crippen LogP contribution in [0.15, 0.2) is 36.9 Å². The van der Waals surface area contributed by atoms with E-state index in [1.807, 2.05) is 6.08 Å². The average molecular weight is 302 g/mol. The number of ether oxygens (including phenoxy) is 1. The lowest BCUT2D eigenvalue weighted by Gasteiger charge is -2.17. The SMILES string of the molecule is C=CCCCCCC(NN)c1ccc(OC(F)(F)F)cc1. The van der Waals surface area contributed by atoms with Gasteiger partial charge in [-0.3, -0.25) is 11.3 Å². The van der Waals surface area contributed by atoms with Crippen molar-refractivity contribution in [2.75, 3.05) is 0 Å². The number of benzene rings is 1. The van der Waals surface area contributed by atoms with E-state index in [4.69, 9.17) is 5.84 Å². The number of alkyl halides is 3. The van der Waals surface area contributed by atoms with Crippen molar-refractivity contribution in [2.45, 2.75) is 44.5 Å². The van der Waals surface area contributed by atoms with Gasteiger partial charge in [0.05, 0.1) is 0 Å². The molecule has 1 aromatic rings. The number of hydrogen-bond acceptors (Lipinski definition) is 3. The topological polar surface area (TPSA) is 47.3 Å². The van der Waals surface area contributed by atoms with Crippen molar-refractivity contribution in [1.82, 2.24) is 5.43 Å². The van der Waals surface area contributed by atoms with Gasteiger partial charge in [-0.1, -0.05) is 31.1 Å². The van der Waals surface area contributed by atoms with E-state index in [0.29, 0.717) is 0 Å². The number of halogens is 3. The molecule has 3 N–H and O–H groups in total. The molecule has 0 aliphatic rings. The first-order valence-electron chi connectivity index (χ1n) is 6.89. The minimum absolute atomic E-state index is 0.0753. The summed E-state index contributed by atoms with van der Waals surface area (Å²) < 4.78 is 40.1. The molecule has 6 heteroatoms. The van der Waals surface area contributed by atoms with Crippen molar-refractivity contribution in [3.05, 3.63) is 42.5 Å². The van der Waals surface area contributed by atoms with Crippen LogP contribution in [-0.2, 0) is 0 Å². The zero-order chi connectivity index (χ0) is 15.7. The van der Waals surface area contributed by atoms with E-state index in [1.165, 1.54) is 12.1 Å². The quantitative estimate of drug-likeness (QED) is 0.311. The van der Waals surface area contributed by atoms with Crippen LogP contribution in [0.5, 0.6) is 5.75 Å². The maximum Gasteiger partial charge on any atom is 0.573 e. The second-order valence-corrected chi connectivity index (χ2v) is 4.76. The molecule has 118 valence electrons. The van der Waals surface area contributed by atoms with Gasteiger partial charge in [0.2, 0.25) is 0 Å². The maximum atomic E-state index is 12.1. The van der Waals surface area contributed by atoms with Gasteiger partial charge >= 0.3 is 6.36 Å². The van der Waals surface area contributed by atoms with Crippen molar-refractivity contribution >= 4 is 0 Å². The van der Waals surface area contributed by atoms with Gasteiger partial charge in [-0.05, 0) is 37.0 Å². The first kappa shape index (κ1) is 17.5. The Morgan fingerprint density at radius 3 is 2.38 bits per heavy atom. The third-order valence-corrected chi connectivity index (χ3v) is 3.12. The Morgan fingerprint density at radius 2 is 1.86 bits per heavy atom. The second-order valence-electron chi connectivity index (χ2n) is 4.76. The van der Waals surface area contributed by atoms with Gasteiger partial charge in [-0.15, -0.1) is 19.8 Å². The molecule has 0 aromatic heterocycles. The molecule has 3 nitrogen and oxygen atoms in total. The highest BCUT2D eigenvalue weighted by atomic mass is 19.4. The molecule has 1 rings (SSSR count). The molecule has 0 aliphatic carbocycles. The fourth-order valence-electron chi connectivity index (χ4n) is 2.06. The first-order chi connectivity index (χ1) is 9.96. The molecule has 0 spiro atoms. The van der Waals surface area contributed by atoms with Gasteiger partial charge in [0.25, 0.3) is 0 Å². The van der Waals surface area contributed by atoms with Crippen LogP contribution in [0.25, 0.3) is 0 Å². The Labute approximate surface area is 122 Å². The lowest BCUT2D eigenvalue weighted by molar-refractivity contribution is -0.274. The normalized spacial score (nSPS) is 13.0. The Morgan fingerprint density at radius 1 is 1.19 bits per heavy atom. The Bertz CT molecular complexity index is 418. The Hall–Kier alpha value is -1.53. The minimum Gasteiger partial charge on any atom is -0.406 e. The van der Waals surface area contributed by atoms with Crippen LogP contribution < -0.4 is 16.0 Å². The van der Waals surface area contributed by atoms with E-state index in [-0.39, 0.29) is 11.8 Å². The van der Waals surface area contributed by atoms with Crippen LogP contribution in [0.2, 0.25) is 0 Å². The fourth-order valence-corrected chi connectivity index (χ4v) is 2.06. The van der Waals surface area contributed by atoms with Crippen LogP contribution >= 0.6 is 0 Å². The third kappa shape index (κ3) is 7.15. The monoisotopic (exact) mass is 302 g/mol. The molecule has 0 saturated heterocycles. The van der Waals surface area contributed by atoms with Gasteiger partial charge in [0.15, 0.2) is 0 Å². The summed E-state index contributed by atoms with van der Waals surface area (Å²) in [6.45, 7) is 3.67. The van der Waals surface area contributed by atoms with Gasteiger partial charge in [0, 0.05) is 6.04 Å². The van der Waals surface area contributed by atoms with Gasteiger partial charge < -0.3 is 4.74 Å². The molecule has 0 fully saturated rings. The van der Waals surface area contributed by atoms with Crippen molar-refractivity contribution in [2.24, 2.45) is 5.84 Å². The predicted molar refractivity (Wildman–Crippen MR) is 76.5 cm³/mol. The maximum absolute atomic E-state index is 12.1. The van der Waals surface area contributed by atoms with Gasteiger partial charge in [-0.2, -0.15) is 0 Å². The number of nitrogens with one attached hydrogen (secondary N) is 1. The molecular weight excluding hydrogens is 281 g/mol. The van der Waals surface area contributed by atoms with Gasteiger partial charge in [-0.25, -0.2) is 0 Å². The van der Waals surface area contributed by atoms with Crippen LogP contribution in [0.4, 0.5) is 13.2 Å². The average Bonchev–Trinajstić information content (AvgIpc) is 2.42. The zero-order valence-electron chi connectivity index (χ0n) is 11.8. The summed E-state index contributed by atoms with van der Waals surface area (Å²) in [5.74, 6) is 5.28. The van der Waals surface area contributed by atoms with E-state index in [9.17, 15) is 13.2 Å². The number of nitrogens with two attached hydrogens (primary N) is 1. The molecular formula is C15H21F3N2O. The molecule has 0 heterocycles. The summed E-state index contributed by atoms with van der Waals surface area (Å²) in [6.07, 6.45) is 2.18. The zero-order valence-corrected chi connectivity index (χ0v) is 11.8. The molecule has 1 atom stereocenters. The summed E-state index contributed by atoms with van der Waals surface area (Å²) in [6, 6.07) is 5.70. The van der Waals surface area contributed by atoms with E-state index in [2.05, 4.69) is 16.7 Å². The largest absolute Gasteiger partial charge is 0.573 e. The molecule has 0 radical (unpaired) electrons. The minimum atomic E-state index is -4.67. The van der Waals surface area contributed by atoms with E-state index >= 15 is 0 Å². The predicted octanol–water partition coefficient (Wildman–Crippen LogP) is 4.23. The van der Waals surface area contributed by atoms with Crippen molar-refractivity contribution < 1.29 is 17.9 Å². The summed E-state index contributed by atoms with van der Waals surface area (Å²) in [4.78, 5) is 0. The fraction of sp³-hybridized carbons (Fsp3) is 0.467. The number of allylic oxidation sites excluding steroid dienone is 1. The Kier molecular flexibility index (Phi) is 7.25. The van der Waals surface area contributed by atoms with Crippen LogP contribution in [0.1, 0.15) is 43.7 Å². The van der Waals surface area contributed by atoms with Crippen molar-refractivity contribution in [3.8, 4) is 5.75 Å². The standard InChI is InChI=1S/C15H21F3N2O/c1-2-3-4-5-6-7-14(20-19)12-8-10-13(11-9-12)21-15(16,17)18/h2,8-11,14,20H,1,3-7,19H2. The van der Waals surface area contributed by atoms with Crippen LogP contribution in [-0.4, -0.2) is 6.36 Å². The summed E-state index contributed by atoms with van der Waals surface area (Å²) >= 11 is 0. The van der Waals surface area contributed by atoms with E-state index in [1.54, 1.807) is 12.1 Å². The van der Waals surface area contributed by atoms with Gasteiger partial charge in [0.1, 0.15) is 5.75 Å². The second kappa shape index (κ2) is 8.69. The van der Waals surface area contributed by atoms with Crippen molar-refractivity contribution in [1.29, 1.82) is 0 Å². The smallest absolute Gasteiger partial charge is 0.406 e. The molecule has 21 heavy (non-hydrogen) atoms. The van der Waals surface area contributed by atoms with Crippen molar-refractivity contribution in [3.63, 3.8) is 0 Å². The summed E-state index contributed by atoms with van der Waals surface area (Å²) in [5, 5.41) is 0. The summed E-state index contributed by atoms with van der Waals surface area (Å²) in [7, 11) is 0. The number of hydrogen-bond donors (Lipinski definition) is 2. The molecule has 0 saturated carbocycles. The van der Waals surface area contributed by atoms with Crippen LogP contribution in [0.3, 0.4) is 0 Å². The van der Waals surface area contributed by atoms with E-state index < -0.39 is 6.36 Å². The molecule has 1 aromatic carbocycles. The first-order valence-corrected chi connectivity index (χ1v) is 6.89.